The molecule has 2 atom stereocenters. The number of benzene rings is 2. The first-order valence-electron chi connectivity index (χ1n) is 14.2. The molecule has 0 bridgehead atoms. The molecule has 0 amide bonds. The fourth-order valence-corrected chi connectivity index (χ4v) is 6.36. The molecule has 2 unspecified atom stereocenters. The molecule has 0 nitrogen and oxygen atoms in total. The molecule has 4 rings (SSSR count). The second-order valence-electron chi connectivity index (χ2n) is 10.8. The zero-order valence-electron chi connectivity index (χ0n) is 23.7. The van der Waals surface area contributed by atoms with Crippen molar-refractivity contribution in [2.45, 2.75) is 79.1 Å². The van der Waals surface area contributed by atoms with E-state index in [0.717, 1.165) is 38.5 Å². The Hall–Kier alpha value is -3.12. The minimum absolute atomic E-state index is 0.281. The number of allylic oxidation sites excluding steroid dienone is 8. The summed E-state index contributed by atoms with van der Waals surface area (Å²) in [6.45, 7) is 24.7. The smallest absolute Gasteiger partial charge is 0.0201 e. The fourth-order valence-electron chi connectivity index (χ4n) is 6.36. The Balaban J connectivity index is 1.77. The summed E-state index contributed by atoms with van der Waals surface area (Å²) < 4.78 is 0. The first kappa shape index (κ1) is 26.9. The van der Waals surface area contributed by atoms with Crippen molar-refractivity contribution in [1.82, 2.24) is 0 Å². The van der Waals surface area contributed by atoms with Crippen molar-refractivity contribution >= 4 is 11.6 Å². The van der Waals surface area contributed by atoms with E-state index in [1.807, 2.05) is 0 Å². The van der Waals surface area contributed by atoms with E-state index in [9.17, 15) is 0 Å². The lowest BCUT2D eigenvalue weighted by Gasteiger charge is -2.35. The van der Waals surface area contributed by atoms with E-state index in [-0.39, 0.29) is 5.92 Å². The van der Waals surface area contributed by atoms with Gasteiger partial charge in [0.15, 0.2) is 0 Å². The molecule has 0 radical (unpaired) electrons. The molecule has 2 aromatic carbocycles. The molecule has 2 aromatic rings. The minimum atomic E-state index is 0.281. The van der Waals surface area contributed by atoms with Crippen molar-refractivity contribution < 1.29 is 0 Å². The highest BCUT2D eigenvalue weighted by molar-refractivity contribution is 5.69. The summed E-state index contributed by atoms with van der Waals surface area (Å²) in [7, 11) is 0. The Bertz CT molecular complexity index is 1300. The first-order valence-corrected chi connectivity index (χ1v) is 14.2. The predicted octanol–water partition coefficient (Wildman–Crippen LogP) is 10.6. The van der Waals surface area contributed by atoms with Crippen molar-refractivity contribution in [3.63, 3.8) is 0 Å². The van der Waals surface area contributed by atoms with Crippen molar-refractivity contribution in [2.24, 2.45) is 5.92 Å². The van der Waals surface area contributed by atoms with Gasteiger partial charge in [-0.15, -0.1) is 0 Å². The highest BCUT2D eigenvalue weighted by atomic mass is 14.4. The quantitative estimate of drug-likeness (QED) is 0.329. The van der Waals surface area contributed by atoms with Gasteiger partial charge in [-0.3, -0.25) is 0 Å². The van der Waals surface area contributed by atoms with Gasteiger partial charge < -0.3 is 0 Å². The molecule has 1 fully saturated rings. The number of hydrogen-bond acceptors (Lipinski definition) is 0. The van der Waals surface area contributed by atoms with E-state index in [4.69, 9.17) is 6.58 Å². The number of fused-ring (bicyclic) bond motifs is 1. The Morgan fingerprint density at radius 3 is 2.22 bits per heavy atom. The summed E-state index contributed by atoms with van der Waals surface area (Å²) >= 11 is 0. The summed E-state index contributed by atoms with van der Waals surface area (Å²) in [5.74, 6) is 0.582. The number of aryl methyl sites for hydroxylation is 2. The molecule has 2 aliphatic carbocycles. The monoisotopic (exact) mass is 488 g/mol. The van der Waals surface area contributed by atoms with Crippen molar-refractivity contribution in [3.05, 3.63) is 130 Å². The van der Waals surface area contributed by atoms with Crippen LogP contribution in [0.15, 0.2) is 102 Å². The van der Waals surface area contributed by atoms with E-state index in [1.165, 1.54) is 66.8 Å². The van der Waals surface area contributed by atoms with Crippen LogP contribution < -0.4 is 0 Å². The van der Waals surface area contributed by atoms with Gasteiger partial charge in [-0.2, -0.15) is 0 Å². The zero-order chi connectivity index (χ0) is 26.7. The van der Waals surface area contributed by atoms with Crippen molar-refractivity contribution in [2.75, 3.05) is 0 Å². The molecule has 37 heavy (non-hydrogen) atoms. The van der Waals surface area contributed by atoms with Crippen LogP contribution in [-0.4, -0.2) is 0 Å². The molecule has 2 aliphatic rings. The minimum Gasteiger partial charge on any atom is -0.0955 e. The SMILES string of the molecule is C=C(CCC)C1=C(C)C=C2CC(=Cc3ccc(C(=C)CC)cc3)C(=C)C2C1c1ccc(CC)c(CC)c1. The van der Waals surface area contributed by atoms with Crippen LogP contribution in [0.1, 0.15) is 94.0 Å². The second-order valence-corrected chi connectivity index (χ2v) is 10.8. The molecule has 0 heteroatoms. The summed E-state index contributed by atoms with van der Waals surface area (Å²) in [6.07, 6.45) is 11.0. The summed E-state index contributed by atoms with van der Waals surface area (Å²) in [4.78, 5) is 0. The molecule has 0 aromatic heterocycles. The van der Waals surface area contributed by atoms with Crippen LogP contribution in [0.2, 0.25) is 0 Å². The topological polar surface area (TPSA) is 0 Å². The van der Waals surface area contributed by atoms with Crippen LogP contribution in [0.5, 0.6) is 0 Å². The fraction of sp³-hybridized carbons (Fsp3) is 0.351. The number of hydrogen-bond donors (Lipinski definition) is 0. The first-order chi connectivity index (χ1) is 17.8. The Labute approximate surface area is 225 Å². The molecule has 0 saturated heterocycles. The maximum absolute atomic E-state index is 4.72. The Morgan fingerprint density at radius 1 is 0.892 bits per heavy atom. The average Bonchev–Trinajstić information content (AvgIpc) is 3.21. The van der Waals surface area contributed by atoms with Gasteiger partial charge in [-0.25, -0.2) is 0 Å². The van der Waals surface area contributed by atoms with Gasteiger partial charge in [0, 0.05) is 11.8 Å². The maximum Gasteiger partial charge on any atom is 0.0201 e. The average molecular weight is 489 g/mol. The molecule has 0 spiro atoms. The van der Waals surface area contributed by atoms with Crippen molar-refractivity contribution in [1.29, 1.82) is 0 Å². The highest BCUT2D eigenvalue weighted by Crippen LogP contribution is 2.55. The standard InChI is InChI=1S/C37H44/c1-9-13-25(6)35-26(7)20-34-23-33(21-28-14-16-31(17-15-28)24(5)10-2)27(8)36(34)37(35)32-19-18-29(11-3)30(12-4)22-32/h14-22,36-37H,5-6,8-13,23H2,1-4,7H3. The molecule has 0 aliphatic heterocycles. The van der Waals surface area contributed by atoms with E-state index in [2.05, 4.69) is 102 Å². The largest absolute Gasteiger partial charge is 0.0955 e. The van der Waals surface area contributed by atoms with E-state index < -0.39 is 0 Å². The van der Waals surface area contributed by atoms with Gasteiger partial charge in [0.25, 0.3) is 0 Å². The molecule has 1 saturated carbocycles. The molecule has 192 valence electrons. The van der Waals surface area contributed by atoms with Crippen LogP contribution in [0.4, 0.5) is 0 Å². The maximum atomic E-state index is 4.72. The van der Waals surface area contributed by atoms with Gasteiger partial charge in [-0.05, 0) is 94.7 Å². The van der Waals surface area contributed by atoms with Gasteiger partial charge in [-0.1, -0.05) is 120 Å². The predicted molar refractivity (Wildman–Crippen MR) is 164 cm³/mol. The van der Waals surface area contributed by atoms with Crippen LogP contribution in [0.25, 0.3) is 11.6 Å². The highest BCUT2D eigenvalue weighted by Gasteiger charge is 2.41. The lowest BCUT2D eigenvalue weighted by atomic mass is 9.68. The van der Waals surface area contributed by atoms with E-state index >= 15 is 0 Å². The lowest BCUT2D eigenvalue weighted by Crippen LogP contribution is -2.21. The van der Waals surface area contributed by atoms with Gasteiger partial charge in [0.1, 0.15) is 0 Å². The molecular weight excluding hydrogens is 444 g/mol. The van der Waals surface area contributed by atoms with Gasteiger partial charge in [0.05, 0.1) is 0 Å². The molecule has 0 heterocycles. The third-order valence-electron chi connectivity index (χ3n) is 8.42. The van der Waals surface area contributed by atoms with Crippen LogP contribution in [-0.2, 0) is 12.8 Å². The summed E-state index contributed by atoms with van der Waals surface area (Å²) in [6, 6.07) is 16.1. The third kappa shape index (κ3) is 5.30. The van der Waals surface area contributed by atoms with Gasteiger partial charge in [0.2, 0.25) is 0 Å². The summed E-state index contributed by atoms with van der Waals surface area (Å²) in [5.41, 5.74) is 16.2. The van der Waals surface area contributed by atoms with Crippen LogP contribution in [0.3, 0.4) is 0 Å². The Kier molecular flexibility index (Phi) is 8.38. The van der Waals surface area contributed by atoms with Crippen molar-refractivity contribution in [3.8, 4) is 0 Å². The second kappa shape index (κ2) is 11.5. The van der Waals surface area contributed by atoms with Crippen LogP contribution in [0, 0.1) is 5.92 Å². The number of rotatable bonds is 9. The normalized spacial score (nSPS) is 20.3. The third-order valence-corrected chi connectivity index (χ3v) is 8.42. The van der Waals surface area contributed by atoms with E-state index in [1.54, 1.807) is 0 Å². The molecular formula is C37H44. The van der Waals surface area contributed by atoms with Gasteiger partial charge >= 0.3 is 0 Å². The summed E-state index contributed by atoms with van der Waals surface area (Å²) in [5, 5.41) is 0. The zero-order valence-corrected chi connectivity index (χ0v) is 23.7. The van der Waals surface area contributed by atoms with Crippen LogP contribution >= 0.6 is 0 Å². The molecule has 0 N–H and O–H groups in total. The van der Waals surface area contributed by atoms with E-state index in [0.29, 0.717) is 5.92 Å². The Morgan fingerprint density at radius 2 is 1.59 bits per heavy atom. The lowest BCUT2D eigenvalue weighted by molar-refractivity contribution is 0.618.